The Morgan fingerprint density at radius 2 is 2.07 bits per heavy atom. The number of rotatable bonds is 3. The predicted octanol–water partition coefficient (Wildman–Crippen LogP) is 0.339. The van der Waals surface area contributed by atoms with Crippen LogP contribution in [0.4, 0.5) is 0 Å². The summed E-state index contributed by atoms with van der Waals surface area (Å²) in [5.74, 6) is 0. The molecule has 1 aliphatic heterocycles. The molecule has 0 amide bonds. The van der Waals surface area contributed by atoms with Crippen LogP contribution in [0, 0.1) is 0 Å². The number of nitrogens with zero attached hydrogens (tertiary/aromatic N) is 3. The minimum absolute atomic E-state index is 0.00769. The zero-order valence-corrected chi connectivity index (χ0v) is 8.22. The first-order valence-electron chi connectivity index (χ1n) is 5.11. The smallest absolute Gasteiger partial charge is 0.266 e. The molecule has 14 heavy (non-hydrogen) atoms. The number of aromatic nitrogens is 2. The average Bonchev–Trinajstić information content (AvgIpc) is 2.69. The number of hydrogen-bond donors (Lipinski definition) is 0. The normalized spacial score (nSPS) is 17.4. The second-order valence-corrected chi connectivity index (χ2v) is 3.63. The van der Waals surface area contributed by atoms with Gasteiger partial charge in [0.1, 0.15) is 0 Å². The van der Waals surface area contributed by atoms with Gasteiger partial charge < -0.3 is 4.90 Å². The van der Waals surface area contributed by atoms with Gasteiger partial charge in [-0.15, -0.1) is 0 Å². The maximum absolute atomic E-state index is 11.3. The Labute approximate surface area is 83.2 Å². The van der Waals surface area contributed by atoms with E-state index in [2.05, 4.69) is 10.00 Å². The molecule has 0 bridgehead atoms. The summed E-state index contributed by atoms with van der Waals surface area (Å²) >= 11 is 0. The van der Waals surface area contributed by atoms with Crippen molar-refractivity contribution >= 4 is 0 Å². The van der Waals surface area contributed by atoms with E-state index in [9.17, 15) is 4.79 Å². The van der Waals surface area contributed by atoms with Crippen LogP contribution >= 0.6 is 0 Å². The fraction of sp³-hybridized carbons (Fsp3) is 0.600. The standard InChI is InChI=1S/C10H15N3O/c14-10-4-3-5-11-13(10)9-8-12-6-1-2-7-12/h3-5H,1-2,6-9H2. The van der Waals surface area contributed by atoms with Crippen LogP contribution in [-0.4, -0.2) is 34.3 Å². The lowest BCUT2D eigenvalue weighted by molar-refractivity contribution is 0.312. The summed E-state index contributed by atoms with van der Waals surface area (Å²) in [6.45, 7) is 3.99. The molecule has 0 spiro atoms. The molecule has 1 saturated heterocycles. The summed E-state index contributed by atoms with van der Waals surface area (Å²) in [5.41, 5.74) is -0.00769. The lowest BCUT2D eigenvalue weighted by Crippen LogP contribution is -2.29. The molecule has 4 nitrogen and oxygen atoms in total. The third-order valence-corrected chi connectivity index (χ3v) is 2.61. The molecular weight excluding hydrogens is 178 g/mol. The second kappa shape index (κ2) is 4.37. The lowest BCUT2D eigenvalue weighted by Gasteiger charge is -2.14. The Morgan fingerprint density at radius 1 is 1.29 bits per heavy atom. The molecule has 0 unspecified atom stereocenters. The third-order valence-electron chi connectivity index (χ3n) is 2.61. The van der Waals surface area contributed by atoms with Gasteiger partial charge in [0.05, 0.1) is 6.54 Å². The molecule has 0 aromatic carbocycles. The Hall–Kier alpha value is -1.16. The third kappa shape index (κ3) is 2.20. The molecule has 0 atom stereocenters. The highest BCUT2D eigenvalue weighted by atomic mass is 16.1. The van der Waals surface area contributed by atoms with Gasteiger partial charge in [-0.2, -0.15) is 5.10 Å². The lowest BCUT2D eigenvalue weighted by atomic mass is 10.4. The van der Waals surface area contributed by atoms with Crippen molar-refractivity contribution in [2.75, 3.05) is 19.6 Å². The zero-order valence-electron chi connectivity index (χ0n) is 8.22. The van der Waals surface area contributed by atoms with E-state index in [1.807, 2.05) is 0 Å². The fourth-order valence-electron chi connectivity index (χ4n) is 1.80. The van der Waals surface area contributed by atoms with E-state index in [0.29, 0.717) is 6.54 Å². The van der Waals surface area contributed by atoms with E-state index in [1.165, 1.54) is 30.6 Å². The Balaban J connectivity index is 1.91. The van der Waals surface area contributed by atoms with Crippen LogP contribution in [0.25, 0.3) is 0 Å². The summed E-state index contributed by atoms with van der Waals surface area (Å²) in [7, 11) is 0. The predicted molar refractivity (Wildman–Crippen MR) is 54.2 cm³/mol. The summed E-state index contributed by atoms with van der Waals surface area (Å²) in [5, 5.41) is 4.02. The van der Waals surface area contributed by atoms with Gasteiger partial charge in [0.25, 0.3) is 5.56 Å². The van der Waals surface area contributed by atoms with E-state index >= 15 is 0 Å². The van der Waals surface area contributed by atoms with Crippen LogP contribution in [-0.2, 0) is 6.54 Å². The van der Waals surface area contributed by atoms with E-state index in [4.69, 9.17) is 0 Å². The molecule has 4 heteroatoms. The highest BCUT2D eigenvalue weighted by molar-refractivity contribution is 4.84. The van der Waals surface area contributed by atoms with Crippen molar-refractivity contribution in [1.82, 2.24) is 14.7 Å². The van der Waals surface area contributed by atoms with Gasteiger partial charge in [-0.1, -0.05) is 0 Å². The molecule has 1 aromatic heterocycles. The van der Waals surface area contributed by atoms with Crippen molar-refractivity contribution in [2.24, 2.45) is 0 Å². The average molecular weight is 193 g/mol. The maximum Gasteiger partial charge on any atom is 0.266 e. The summed E-state index contributed by atoms with van der Waals surface area (Å²) in [6, 6.07) is 3.23. The zero-order chi connectivity index (χ0) is 9.80. The van der Waals surface area contributed by atoms with E-state index in [-0.39, 0.29) is 5.56 Å². The molecular formula is C10H15N3O. The van der Waals surface area contributed by atoms with Crippen LogP contribution < -0.4 is 5.56 Å². The maximum atomic E-state index is 11.3. The summed E-state index contributed by atoms with van der Waals surface area (Å²) in [4.78, 5) is 13.7. The molecule has 76 valence electrons. The van der Waals surface area contributed by atoms with Crippen molar-refractivity contribution in [3.05, 3.63) is 28.7 Å². The fourth-order valence-corrected chi connectivity index (χ4v) is 1.80. The highest BCUT2D eigenvalue weighted by Gasteiger charge is 2.10. The van der Waals surface area contributed by atoms with Crippen LogP contribution in [0.5, 0.6) is 0 Å². The van der Waals surface area contributed by atoms with Crippen LogP contribution in [0.2, 0.25) is 0 Å². The Bertz CT molecular complexity index is 341. The first-order chi connectivity index (χ1) is 6.86. The molecule has 0 aliphatic carbocycles. The van der Waals surface area contributed by atoms with Gasteiger partial charge in [-0.25, -0.2) is 4.68 Å². The van der Waals surface area contributed by atoms with E-state index in [1.54, 1.807) is 18.3 Å². The first kappa shape index (κ1) is 9.40. The number of likely N-dealkylation sites (tertiary alicyclic amines) is 1. The van der Waals surface area contributed by atoms with Crippen LogP contribution in [0.15, 0.2) is 23.1 Å². The molecule has 0 radical (unpaired) electrons. The van der Waals surface area contributed by atoms with Gasteiger partial charge in [0, 0.05) is 18.8 Å². The van der Waals surface area contributed by atoms with Crippen LogP contribution in [0.1, 0.15) is 12.8 Å². The molecule has 1 aliphatic rings. The number of hydrogen-bond acceptors (Lipinski definition) is 3. The minimum Gasteiger partial charge on any atom is -0.301 e. The van der Waals surface area contributed by atoms with Crippen molar-refractivity contribution in [3.63, 3.8) is 0 Å². The SMILES string of the molecule is O=c1cccnn1CCN1CCCC1. The van der Waals surface area contributed by atoms with E-state index in [0.717, 1.165) is 6.54 Å². The van der Waals surface area contributed by atoms with Crippen molar-refractivity contribution < 1.29 is 0 Å². The van der Waals surface area contributed by atoms with Gasteiger partial charge in [0.15, 0.2) is 0 Å². The molecule has 1 fully saturated rings. The van der Waals surface area contributed by atoms with E-state index < -0.39 is 0 Å². The second-order valence-electron chi connectivity index (χ2n) is 3.63. The van der Waals surface area contributed by atoms with Crippen molar-refractivity contribution in [3.8, 4) is 0 Å². The Morgan fingerprint density at radius 3 is 2.79 bits per heavy atom. The molecule has 0 N–H and O–H groups in total. The minimum atomic E-state index is -0.00769. The topological polar surface area (TPSA) is 38.1 Å². The summed E-state index contributed by atoms with van der Waals surface area (Å²) < 4.78 is 1.53. The van der Waals surface area contributed by atoms with Gasteiger partial charge >= 0.3 is 0 Å². The van der Waals surface area contributed by atoms with Gasteiger partial charge in [-0.3, -0.25) is 4.79 Å². The van der Waals surface area contributed by atoms with Crippen molar-refractivity contribution in [2.45, 2.75) is 19.4 Å². The van der Waals surface area contributed by atoms with Crippen molar-refractivity contribution in [1.29, 1.82) is 0 Å². The molecule has 1 aromatic rings. The summed E-state index contributed by atoms with van der Waals surface area (Å²) in [6.07, 6.45) is 4.24. The quantitative estimate of drug-likeness (QED) is 0.694. The van der Waals surface area contributed by atoms with Crippen LogP contribution in [0.3, 0.4) is 0 Å². The largest absolute Gasteiger partial charge is 0.301 e. The Kier molecular flexibility index (Phi) is 2.93. The monoisotopic (exact) mass is 193 g/mol. The first-order valence-corrected chi connectivity index (χ1v) is 5.11. The molecule has 2 rings (SSSR count). The van der Waals surface area contributed by atoms with Gasteiger partial charge in [0.2, 0.25) is 0 Å². The molecule has 0 saturated carbocycles. The highest BCUT2D eigenvalue weighted by Crippen LogP contribution is 2.06. The molecule has 2 heterocycles. The van der Waals surface area contributed by atoms with Gasteiger partial charge in [-0.05, 0) is 32.0 Å².